The number of aromatic hydroxyl groups is 2. The van der Waals surface area contributed by atoms with Gasteiger partial charge >= 0.3 is 0 Å². The number of nitrogens with one attached hydrogen (secondary N) is 1. The third-order valence-corrected chi connectivity index (χ3v) is 2.92. The average Bonchev–Trinajstić information content (AvgIpc) is 2.28. The van der Waals surface area contributed by atoms with Gasteiger partial charge in [-0.05, 0) is 6.92 Å². The first-order chi connectivity index (χ1) is 8.09. The first-order valence-electron chi connectivity index (χ1n) is 5.62. The SMILES string of the molecule is CC(=O)c1c(O)cc(N2CCNCC2)cc1O. The number of phenolic OH excluding ortho intramolecular Hbond substituents is 2. The summed E-state index contributed by atoms with van der Waals surface area (Å²) in [6, 6.07) is 3.06. The zero-order chi connectivity index (χ0) is 12.4. The molecule has 0 aliphatic carbocycles. The van der Waals surface area contributed by atoms with Crippen LogP contribution in [-0.4, -0.2) is 42.2 Å². The summed E-state index contributed by atoms with van der Waals surface area (Å²) in [5.41, 5.74) is 0.732. The molecule has 0 amide bonds. The number of phenols is 2. The highest BCUT2D eigenvalue weighted by molar-refractivity contribution is 6.00. The van der Waals surface area contributed by atoms with Crippen LogP contribution in [0.5, 0.6) is 11.5 Å². The van der Waals surface area contributed by atoms with E-state index < -0.39 is 0 Å². The van der Waals surface area contributed by atoms with Crippen molar-refractivity contribution in [3.63, 3.8) is 0 Å². The summed E-state index contributed by atoms with van der Waals surface area (Å²) in [6.45, 7) is 4.70. The highest BCUT2D eigenvalue weighted by atomic mass is 16.3. The third-order valence-electron chi connectivity index (χ3n) is 2.92. The fourth-order valence-corrected chi connectivity index (χ4v) is 2.06. The summed E-state index contributed by atoms with van der Waals surface area (Å²) in [5.74, 6) is -0.663. The average molecular weight is 236 g/mol. The number of hydrogen-bond acceptors (Lipinski definition) is 5. The number of carbonyl (C=O) groups excluding carboxylic acids is 1. The Balaban J connectivity index is 2.34. The zero-order valence-corrected chi connectivity index (χ0v) is 9.73. The van der Waals surface area contributed by atoms with E-state index in [4.69, 9.17) is 0 Å². The molecule has 0 saturated carbocycles. The van der Waals surface area contributed by atoms with Crippen LogP contribution >= 0.6 is 0 Å². The normalized spacial score (nSPS) is 15.9. The number of benzene rings is 1. The lowest BCUT2D eigenvalue weighted by Gasteiger charge is -2.29. The fraction of sp³-hybridized carbons (Fsp3) is 0.417. The Kier molecular flexibility index (Phi) is 3.19. The number of ketones is 1. The predicted octanol–water partition coefficient (Wildman–Crippen LogP) is 0.710. The lowest BCUT2D eigenvalue weighted by molar-refractivity contribution is 0.101. The van der Waals surface area contributed by atoms with E-state index >= 15 is 0 Å². The van der Waals surface area contributed by atoms with Crippen molar-refractivity contribution in [1.29, 1.82) is 0 Å². The first-order valence-corrected chi connectivity index (χ1v) is 5.62. The second kappa shape index (κ2) is 4.63. The summed E-state index contributed by atoms with van der Waals surface area (Å²) in [5, 5.41) is 22.7. The van der Waals surface area contributed by atoms with Gasteiger partial charge in [-0.3, -0.25) is 4.79 Å². The molecule has 1 aromatic carbocycles. The molecule has 0 atom stereocenters. The van der Waals surface area contributed by atoms with Crippen molar-refractivity contribution in [2.75, 3.05) is 31.1 Å². The number of Topliss-reactive ketones (excluding diaryl/α,β-unsaturated/α-hetero) is 1. The molecule has 1 heterocycles. The molecular formula is C12H16N2O3. The molecule has 1 fully saturated rings. The van der Waals surface area contributed by atoms with Gasteiger partial charge in [-0.25, -0.2) is 0 Å². The van der Waals surface area contributed by atoms with Crippen LogP contribution in [-0.2, 0) is 0 Å². The van der Waals surface area contributed by atoms with E-state index in [0.29, 0.717) is 0 Å². The molecule has 1 saturated heterocycles. The molecule has 1 aliphatic rings. The molecule has 5 heteroatoms. The number of rotatable bonds is 2. The van der Waals surface area contributed by atoms with Crippen LogP contribution in [0.3, 0.4) is 0 Å². The minimum Gasteiger partial charge on any atom is -0.507 e. The van der Waals surface area contributed by atoms with Crippen molar-refractivity contribution in [2.45, 2.75) is 6.92 Å². The molecule has 0 unspecified atom stereocenters. The van der Waals surface area contributed by atoms with Crippen LogP contribution in [0.2, 0.25) is 0 Å². The second-order valence-corrected chi connectivity index (χ2v) is 4.15. The summed E-state index contributed by atoms with van der Waals surface area (Å²) in [7, 11) is 0. The molecule has 2 rings (SSSR count). The van der Waals surface area contributed by atoms with E-state index in [1.54, 1.807) is 0 Å². The third kappa shape index (κ3) is 2.34. The van der Waals surface area contributed by atoms with E-state index in [9.17, 15) is 15.0 Å². The maximum atomic E-state index is 11.2. The zero-order valence-electron chi connectivity index (χ0n) is 9.73. The Labute approximate surface area is 99.7 Å². The van der Waals surface area contributed by atoms with Gasteiger partial charge in [0.1, 0.15) is 17.1 Å². The molecule has 0 bridgehead atoms. The molecule has 17 heavy (non-hydrogen) atoms. The lowest BCUT2D eigenvalue weighted by atomic mass is 10.1. The number of anilines is 1. The van der Waals surface area contributed by atoms with E-state index in [1.807, 2.05) is 0 Å². The van der Waals surface area contributed by atoms with Crippen molar-refractivity contribution in [1.82, 2.24) is 5.32 Å². The van der Waals surface area contributed by atoms with Crippen LogP contribution in [0, 0.1) is 0 Å². The summed E-state index contributed by atoms with van der Waals surface area (Å²) in [4.78, 5) is 13.3. The first kappa shape index (κ1) is 11.7. The summed E-state index contributed by atoms with van der Waals surface area (Å²) in [6.07, 6.45) is 0. The van der Waals surface area contributed by atoms with Crippen LogP contribution in [0.25, 0.3) is 0 Å². The van der Waals surface area contributed by atoms with E-state index in [-0.39, 0.29) is 22.8 Å². The lowest BCUT2D eigenvalue weighted by Crippen LogP contribution is -2.43. The van der Waals surface area contributed by atoms with E-state index in [0.717, 1.165) is 31.9 Å². The number of hydrogen-bond donors (Lipinski definition) is 3. The minimum absolute atomic E-state index is 0.0103. The van der Waals surface area contributed by atoms with Crippen LogP contribution in [0.15, 0.2) is 12.1 Å². The van der Waals surface area contributed by atoms with Gasteiger partial charge in [-0.15, -0.1) is 0 Å². The topological polar surface area (TPSA) is 72.8 Å². The molecule has 1 aromatic rings. The molecule has 3 N–H and O–H groups in total. The molecule has 5 nitrogen and oxygen atoms in total. The van der Waals surface area contributed by atoms with Crippen molar-refractivity contribution in [2.24, 2.45) is 0 Å². The standard InChI is InChI=1S/C12H16N2O3/c1-8(15)12-10(16)6-9(7-11(12)17)14-4-2-13-3-5-14/h6-7,13,16-17H,2-5H2,1H3. The maximum absolute atomic E-state index is 11.2. The molecule has 1 aliphatic heterocycles. The number of piperazine rings is 1. The van der Waals surface area contributed by atoms with Crippen molar-refractivity contribution < 1.29 is 15.0 Å². The Morgan fingerprint density at radius 2 is 1.76 bits per heavy atom. The second-order valence-electron chi connectivity index (χ2n) is 4.15. The Morgan fingerprint density at radius 1 is 1.24 bits per heavy atom. The van der Waals surface area contributed by atoms with E-state index in [1.165, 1.54) is 19.1 Å². The molecule has 0 spiro atoms. The van der Waals surface area contributed by atoms with Gasteiger partial charge in [0.15, 0.2) is 5.78 Å². The van der Waals surface area contributed by atoms with Gasteiger partial charge in [0.05, 0.1) is 0 Å². The smallest absolute Gasteiger partial charge is 0.167 e. The van der Waals surface area contributed by atoms with Crippen LogP contribution < -0.4 is 10.2 Å². The highest BCUT2D eigenvalue weighted by Crippen LogP contribution is 2.33. The molecular weight excluding hydrogens is 220 g/mol. The van der Waals surface area contributed by atoms with Gasteiger partial charge in [0, 0.05) is 44.0 Å². The monoisotopic (exact) mass is 236 g/mol. The number of carbonyl (C=O) groups is 1. The number of nitrogens with zero attached hydrogens (tertiary/aromatic N) is 1. The van der Waals surface area contributed by atoms with Crippen molar-refractivity contribution in [3.8, 4) is 11.5 Å². The van der Waals surface area contributed by atoms with Crippen molar-refractivity contribution >= 4 is 11.5 Å². The van der Waals surface area contributed by atoms with Crippen LogP contribution in [0.4, 0.5) is 5.69 Å². The maximum Gasteiger partial charge on any atom is 0.167 e. The minimum atomic E-state index is -0.341. The van der Waals surface area contributed by atoms with Crippen LogP contribution in [0.1, 0.15) is 17.3 Å². The van der Waals surface area contributed by atoms with Gasteiger partial charge in [0.2, 0.25) is 0 Å². The highest BCUT2D eigenvalue weighted by Gasteiger charge is 2.17. The Bertz CT molecular complexity index is 416. The van der Waals surface area contributed by atoms with Gasteiger partial charge in [0.25, 0.3) is 0 Å². The predicted molar refractivity (Wildman–Crippen MR) is 64.9 cm³/mol. The fourth-order valence-electron chi connectivity index (χ4n) is 2.06. The Morgan fingerprint density at radius 3 is 2.24 bits per heavy atom. The van der Waals surface area contributed by atoms with E-state index in [2.05, 4.69) is 10.2 Å². The molecule has 0 radical (unpaired) electrons. The summed E-state index contributed by atoms with van der Waals surface area (Å²) < 4.78 is 0. The van der Waals surface area contributed by atoms with Crippen molar-refractivity contribution in [3.05, 3.63) is 17.7 Å². The molecule has 0 aromatic heterocycles. The Hall–Kier alpha value is -1.75. The van der Waals surface area contributed by atoms with Gasteiger partial charge in [-0.1, -0.05) is 0 Å². The summed E-state index contributed by atoms with van der Waals surface area (Å²) >= 11 is 0. The van der Waals surface area contributed by atoms with Gasteiger partial charge < -0.3 is 20.4 Å². The van der Waals surface area contributed by atoms with Gasteiger partial charge in [-0.2, -0.15) is 0 Å². The quantitative estimate of drug-likeness (QED) is 0.660. The molecule has 92 valence electrons. The largest absolute Gasteiger partial charge is 0.507 e.